The molecule has 2 aliphatic heterocycles. The smallest absolute Gasteiger partial charge is 0.410 e. The number of halogens is 1. The summed E-state index contributed by atoms with van der Waals surface area (Å²) in [7, 11) is 0. The van der Waals surface area contributed by atoms with Crippen molar-refractivity contribution in [1.82, 2.24) is 14.9 Å². The molecular formula is C17H23ClN4O4. The van der Waals surface area contributed by atoms with Crippen molar-refractivity contribution in [1.29, 1.82) is 0 Å². The van der Waals surface area contributed by atoms with Gasteiger partial charge in [0.1, 0.15) is 11.4 Å². The number of likely N-dealkylation sites (tertiary alicyclic amines) is 1. The third kappa shape index (κ3) is 3.85. The number of carbonyl (C=O) groups excluding carboxylic acids is 2. The molecule has 0 spiro atoms. The molecule has 0 radical (unpaired) electrons. The summed E-state index contributed by atoms with van der Waals surface area (Å²) in [6, 6.07) is 1.74. The summed E-state index contributed by atoms with van der Waals surface area (Å²) in [5, 5.41) is -0.00248. The summed E-state index contributed by atoms with van der Waals surface area (Å²) in [5.74, 6) is 0.0437. The van der Waals surface area contributed by atoms with Crippen LogP contribution in [-0.2, 0) is 9.47 Å². The summed E-state index contributed by atoms with van der Waals surface area (Å²) >= 11 is 5.99. The van der Waals surface area contributed by atoms with Crippen LogP contribution in [0.1, 0.15) is 44.6 Å². The largest absolute Gasteiger partial charge is 0.461 e. The first kappa shape index (κ1) is 18.7. The van der Waals surface area contributed by atoms with Crippen molar-refractivity contribution < 1.29 is 19.1 Å². The molecule has 0 N–H and O–H groups in total. The standard InChI is InChI=1S/C17H23ClN4O4/c1-5-25-14(23)12-7-13(20-15(18)19-12)21-8-11-6-10(21)9-22(11)16(24)26-17(2,3)4/h7,10-11H,5-6,8-9H2,1-4H3/t10-,11-/m0/s1. The molecule has 0 aliphatic carbocycles. The van der Waals surface area contributed by atoms with E-state index in [0.717, 1.165) is 6.42 Å². The average Bonchev–Trinajstić information content (AvgIpc) is 3.13. The van der Waals surface area contributed by atoms with Crippen molar-refractivity contribution in [2.75, 3.05) is 24.6 Å². The Morgan fingerprint density at radius 3 is 2.58 bits per heavy atom. The van der Waals surface area contributed by atoms with E-state index in [1.165, 1.54) is 0 Å². The van der Waals surface area contributed by atoms with Crippen LogP contribution in [0, 0.1) is 0 Å². The van der Waals surface area contributed by atoms with Gasteiger partial charge >= 0.3 is 12.1 Å². The van der Waals surface area contributed by atoms with Crippen LogP contribution in [0.5, 0.6) is 0 Å². The van der Waals surface area contributed by atoms with E-state index in [0.29, 0.717) is 18.9 Å². The molecule has 1 amide bonds. The zero-order chi connectivity index (χ0) is 19.1. The van der Waals surface area contributed by atoms with Gasteiger partial charge in [0.25, 0.3) is 0 Å². The predicted molar refractivity (Wildman–Crippen MR) is 95.5 cm³/mol. The van der Waals surface area contributed by atoms with Gasteiger partial charge in [-0.1, -0.05) is 0 Å². The molecule has 2 fully saturated rings. The lowest BCUT2D eigenvalue weighted by Gasteiger charge is -2.35. The Kier molecular flexibility index (Phi) is 4.96. The quantitative estimate of drug-likeness (QED) is 0.586. The number of aromatic nitrogens is 2. The Morgan fingerprint density at radius 1 is 1.27 bits per heavy atom. The number of carbonyl (C=O) groups is 2. The lowest BCUT2D eigenvalue weighted by molar-refractivity contribution is 0.0214. The van der Waals surface area contributed by atoms with Crippen molar-refractivity contribution in [2.24, 2.45) is 0 Å². The summed E-state index contributed by atoms with van der Waals surface area (Å²) in [6.45, 7) is 8.71. The number of fused-ring (bicyclic) bond motifs is 2. The van der Waals surface area contributed by atoms with Gasteiger partial charge in [0.05, 0.1) is 18.7 Å². The highest BCUT2D eigenvalue weighted by atomic mass is 35.5. The number of anilines is 1. The summed E-state index contributed by atoms with van der Waals surface area (Å²) in [5.41, 5.74) is -0.388. The molecule has 2 bridgehead atoms. The van der Waals surface area contributed by atoms with Gasteiger partial charge in [-0.15, -0.1) is 0 Å². The average molecular weight is 383 g/mol. The molecule has 26 heavy (non-hydrogen) atoms. The van der Waals surface area contributed by atoms with Crippen LogP contribution in [0.25, 0.3) is 0 Å². The molecular weight excluding hydrogens is 360 g/mol. The molecule has 0 unspecified atom stereocenters. The fourth-order valence-electron chi connectivity index (χ4n) is 3.35. The summed E-state index contributed by atoms with van der Waals surface area (Å²) in [4.78, 5) is 36.3. The molecule has 3 heterocycles. The van der Waals surface area contributed by atoms with Crippen LogP contribution >= 0.6 is 11.6 Å². The molecule has 0 aromatic carbocycles. The minimum Gasteiger partial charge on any atom is -0.461 e. The molecule has 9 heteroatoms. The van der Waals surface area contributed by atoms with Gasteiger partial charge in [-0.25, -0.2) is 19.6 Å². The third-order valence-electron chi connectivity index (χ3n) is 4.33. The van der Waals surface area contributed by atoms with Gasteiger partial charge in [0, 0.05) is 19.2 Å². The highest BCUT2D eigenvalue weighted by Gasteiger charge is 2.47. The molecule has 142 valence electrons. The fourth-order valence-corrected chi connectivity index (χ4v) is 3.53. The summed E-state index contributed by atoms with van der Waals surface area (Å²) in [6.07, 6.45) is 0.535. The van der Waals surface area contributed by atoms with Crippen molar-refractivity contribution in [3.05, 3.63) is 17.0 Å². The molecule has 3 rings (SSSR count). The first-order chi connectivity index (χ1) is 12.2. The van der Waals surface area contributed by atoms with Gasteiger partial charge in [-0.05, 0) is 45.7 Å². The Labute approximate surface area is 157 Å². The molecule has 2 atom stereocenters. The number of hydrogen-bond acceptors (Lipinski definition) is 7. The van der Waals surface area contributed by atoms with Gasteiger partial charge in [0.15, 0.2) is 5.69 Å². The Bertz CT molecular complexity index is 721. The maximum absolute atomic E-state index is 12.3. The highest BCUT2D eigenvalue weighted by molar-refractivity contribution is 6.28. The minimum absolute atomic E-state index is 0.00248. The first-order valence-corrected chi connectivity index (χ1v) is 9.03. The second-order valence-electron chi connectivity index (χ2n) is 7.43. The van der Waals surface area contributed by atoms with E-state index < -0.39 is 11.6 Å². The number of hydrogen-bond donors (Lipinski definition) is 0. The SMILES string of the molecule is CCOC(=O)c1cc(N2C[C@@H]3C[C@H]2CN3C(=O)OC(C)(C)C)nc(Cl)n1. The molecule has 0 saturated carbocycles. The monoisotopic (exact) mass is 382 g/mol. The Hall–Kier alpha value is -2.09. The van der Waals surface area contributed by atoms with Crippen molar-refractivity contribution >= 4 is 29.5 Å². The van der Waals surface area contributed by atoms with Crippen LogP contribution in [0.4, 0.5) is 10.6 Å². The van der Waals surface area contributed by atoms with Gasteiger partial charge < -0.3 is 19.3 Å². The lowest BCUT2D eigenvalue weighted by Crippen LogP contribution is -2.50. The highest BCUT2D eigenvalue weighted by Crippen LogP contribution is 2.35. The van der Waals surface area contributed by atoms with Gasteiger partial charge in [-0.3, -0.25) is 0 Å². The zero-order valence-electron chi connectivity index (χ0n) is 15.4. The van der Waals surface area contributed by atoms with Crippen molar-refractivity contribution in [3.63, 3.8) is 0 Å². The maximum Gasteiger partial charge on any atom is 0.410 e. The van der Waals surface area contributed by atoms with E-state index in [4.69, 9.17) is 21.1 Å². The van der Waals surface area contributed by atoms with E-state index in [1.807, 2.05) is 20.8 Å². The topological polar surface area (TPSA) is 84.9 Å². The van der Waals surface area contributed by atoms with Crippen LogP contribution in [0.15, 0.2) is 6.07 Å². The molecule has 2 aliphatic rings. The summed E-state index contributed by atoms with van der Waals surface area (Å²) < 4.78 is 10.5. The molecule has 8 nitrogen and oxygen atoms in total. The van der Waals surface area contributed by atoms with Crippen LogP contribution in [0.2, 0.25) is 5.28 Å². The fraction of sp³-hybridized carbons (Fsp3) is 0.647. The van der Waals surface area contributed by atoms with Gasteiger partial charge in [0.2, 0.25) is 5.28 Å². The number of ether oxygens (including phenoxy) is 2. The van der Waals surface area contributed by atoms with Crippen LogP contribution < -0.4 is 4.90 Å². The predicted octanol–water partition coefficient (Wildman–Crippen LogP) is 2.50. The number of esters is 1. The molecule has 2 saturated heterocycles. The van der Waals surface area contributed by atoms with E-state index in [-0.39, 0.29) is 35.8 Å². The number of nitrogens with zero attached hydrogens (tertiary/aromatic N) is 4. The van der Waals surface area contributed by atoms with E-state index in [9.17, 15) is 9.59 Å². The minimum atomic E-state index is -0.530. The Morgan fingerprint density at radius 2 is 2.00 bits per heavy atom. The van der Waals surface area contributed by atoms with Crippen molar-refractivity contribution in [2.45, 2.75) is 51.8 Å². The van der Waals surface area contributed by atoms with E-state index >= 15 is 0 Å². The zero-order valence-corrected chi connectivity index (χ0v) is 16.1. The number of piperazine rings is 1. The van der Waals surface area contributed by atoms with Crippen LogP contribution in [0.3, 0.4) is 0 Å². The molecule has 1 aromatic heterocycles. The Balaban J connectivity index is 1.73. The van der Waals surface area contributed by atoms with Gasteiger partial charge in [-0.2, -0.15) is 0 Å². The van der Waals surface area contributed by atoms with E-state index in [1.54, 1.807) is 17.9 Å². The van der Waals surface area contributed by atoms with Crippen molar-refractivity contribution in [3.8, 4) is 0 Å². The number of rotatable bonds is 3. The van der Waals surface area contributed by atoms with Crippen LogP contribution in [-0.4, -0.2) is 64.3 Å². The third-order valence-corrected chi connectivity index (χ3v) is 4.50. The second kappa shape index (κ2) is 6.90. The number of amides is 1. The second-order valence-corrected chi connectivity index (χ2v) is 7.77. The van der Waals surface area contributed by atoms with E-state index in [2.05, 4.69) is 14.9 Å². The normalized spacial score (nSPS) is 21.9. The molecule has 1 aromatic rings. The lowest BCUT2D eigenvalue weighted by atomic mass is 10.2. The maximum atomic E-state index is 12.3. The first-order valence-electron chi connectivity index (χ1n) is 8.66.